The Bertz CT molecular complexity index is 1040. The number of benzene rings is 1. The summed E-state index contributed by atoms with van der Waals surface area (Å²) in [4.78, 5) is 35.5. The van der Waals surface area contributed by atoms with Crippen LogP contribution in [-0.2, 0) is 23.9 Å². The van der Waals surface area contributed by atoms with Gasteiger partial charge in [0, 0.05) is 29.1 Å². The monoisotopic (exact) mass is 426 g/mol. The maximum absolute atomic E-state index is 14.5. The van der Waals surface area contributed by atoms with Gasteiger partial charge in [0.25, 0.3) is 0 Å². The topological polar surface area (TPSA) is 78.9 Å². The zero-order chi connectivity index (χ0) is 23.3. The van der Waals surface area contributed by atoms with E-state index < -0.39 is 23.7 Å². The van der Waals surface area contributed by atoms with Crippen LogP contribution in [0.3, 0.4) is 0 Å². The Balaban J connectivity index is 2.29. The average molecular weight is 426 g/mol. The smallest absolute Gasteiger partial charge is 0.338 e. The van der Waals surface area contributed by atoms with Crippen molar-refractivity contribution in [3.8, 4) is 5.75 Å². The highest BCUT2D eigenvalue weighted by atomic mass is 19.1. The van der Waals surface area contributed by atoms with Gasteiger partial charge in [0.15, 0.2) is 23.1 Å². The molecule has 0 saturated carbocycles. The number of carbonyl (C=O) groups is 3. The largest absolute Gasteiger partial charge is 0.424 e. The molecule has 0 aliphatic heterocycles. The van der Waals surface area contributed by atoms with Crippen LogP contribution in [0.2, 0.25) is 0 Å². The molecular weight excluding hydrogens is 403 g/mol. The highest BCUT2D eigenvalue weighted by Crippen LogP contribution is 2.35. The standard InChI is InChI=1S/C24H23FO6/c1-13(2)22(26)29-19-9-7-16(11-18(19)25)17-8-10-20(30-23(27)14(3)4)21(12-17)31-24(28)15(5)6/h7-11,17H,1,3,5,12H2,2,4,6H3. The Hall–Kier alpha value is -3.74. The fourth-order valence-corrected chi connectivity index (χ4v) is 2.48. The predicted octanol–water partition coefficient (Wildman–Crippen LogP) is 4.80. The summed E-state index contributed by atoms with van der Waals surface area (Å²) >= 11 is 0. The van der Waals surface area contributed by atoms with Gasteiger partial charge >= 0.3 is 17.9 Å². The summed E-state index contributed by atoms with van der Waals surface area (Å²) in [5.41, 5.74) is 1.03. The second-order valence-corrected chi connectivity index (χ2v) is 7.16. The normalized spacial score (nSPS) is 15.2. The first-order chi connectivity index (χ1) is 14.5. The van der Waals surface area contributed by atoms with Gasteiger partial charge in [0.1, 0.15) is 0 Å². The molecule has 0 spiro atoms. The molecule has 6 nitrogen and oxygen atoms in total. The van der Waals surface area contributed by atoms with E-state index in [1.165, 1.54) is 39.0 Å². The van der Waals surface area contributed by atoms with Gasteiger partial charge in [-0.1, -0.05) is 31.9 Å². The van der Waals surface area contributed by atoms with Gasteiger partial charge in [-0.15, -0.1) is 0 Å². The van der Waals surface area contributed by atoms with E-state index in [1.807, 2.05) is 0 Å². The number of carbonyl (C=O) groups excluding carboxylic acids is 3. The zero-order valence-corrected chi connectivity index (χ0v) is 17.6. The molecule has 31 heavy (non-hydrogen) atoms. The molecule has 1 aliphatic rings. The van der Waals surface area contributed by atoms with Crippen LogP contribution in [0.1, 0.15) is 38.7 Å². The van der Waals surface area contributed by atoms with Crippen LogP contribution in [0.25, 0.3) is 0 Å². The summed E-state index contributed by atoms with van der Waals surface area (Å²) in [5, 5.41) is 0. The summed E-state index contributed by atoms with van der Waals surface area (Å²) in [7, 11) is 0. The van der Waals surface area contributed by atoms with Gasteiger partial charge in [0.2, 0.25) is 0 Å². The average Bonchev–Trinajstić information content (AvgIpc) is 2.70. The summed E-state index contributed by atoms with van der Waals surface area (Å²) < 4.78 is 30.0. The molecule has 0 heterocycles. The van der Waals surface area contributed by atoms with Crippen molar-refractivity contribution < 1.29 is 33.0 Å². The van der Waals surface area contributed by atoms with Gasteiger partial charge in [-0.2, -0.15) is 0 Å². The number of rotatable bonds is 7. The van der Waals surface area contributed by atoms with Crippen molar-refractivity contribution in [1.29, 1.82) is 0 Å². The molecule has 0 radical (unpaired) electrons. The molecule has 0 saturated heterocycles. The van der Waals surface area contributed by atoms with E-state index in [2.05, 4.69) is 19.7 Å². The van der Waals surface area contributed by atoms with Crippen LogP contribution in [0.15, 0.2) is 78.3 Å². The minimum atomic E-state index is -0.732. The zero-order valence-electron chi connectivity index (χ0n) is 17.6. The molecular formula is C24H23FO6. The molecule has 0 aromatic heterocycles. The molecule has 2 rings (SSSR count). The van der Waals surface area contributed by atoms with Crippen LogP contribution >= 0.6 is 0 Å². The quantitative estimate of drug-likeness (QED) is 0.354. The molecule has 1 aliphatic carbocycles. The molecule has 0 bridgehead atoms. The fraction of sp³-hybridized carbons (Fsp3) is 0.208. The van der Waals surface area contributed by atoms with Gasteiger partial charge in [-0.25, -0.2) is 18.8 Å². The predicted molar refractivity (Wildman–Crippen MR) is 112 cm³/mol. The van der Waals surface area contributed by atoms with Crippen molar-refractivity contribution in [2.75, 3.05) is 0 Å². The van der Waals surface area contributed by atoms with Gasteiger partial charge in [-0.3, -0.25) is 0 Å². The third-order valence-electron chi connectivity index (χ3n) is 4.21. The molecule has 0 amide bonds. The van der Waals surface area contributed by atoms with E-state index in [9.17, 15) is 18.8 Å². The van der Waals surface area contributed by atoms with E-state index in [4.69, 9.17) is 14.2 Å². The van der Waals surface area contributed by atoms with Crippen molar-refractivity contribution in [3.63, 3.8) is 0 Å². The molecule has 1 unspecified atom stereocenters. The van der Waals surface area contributed by atoms with E-state index in [0.29, 0.717) is 5.56 Å². The van der Waals surface area contributed by atoms with E-state index >= 15 is 0 Å². The Kier molecular flexibility index (Phi) is 7.47. The second-order valence-electron chi connectivity index (χ2n) is 7.16. The maximum Gasteiger partial charge on any atom is 0.338 e. The maximum atomic E-state index is 14.5. The third kappa shape index (κ3) is 6.12. The number of esters is 3. The minimum Gasteiger partial charge on any atom is -0.424 e. The number of allylic oxidation sites excluding steroid dienone is 3. The van der Waals surface area contributed by atoms with E-state index in [0.717, 1.165) is 0 Å². The number of hydrogen-bond acceptors (Lipinski definition) is 6. The van der Waals surface area contributed by atoms with Crippen molar-refractivity contribution in [1.82, 2.24) is 0 Å². The molecule has 1 atom stereocenters. The van der Waals surface area contributed by atoms with Gasteiger partial charge < -0.3 is 14.2 Å². The first-order valence-corrected chi connectivity index (χ1v) is 9.33. The van der Waals surface area contributed by atoms with Crippen LogP contribution in [-0.4, -0.2) is 17.9 Å². The highest BCUT2D eigenvalue weighted by molar-refractivity contribution is 5.89. The molecule has 162 valence electrons. The lowest BCUT2D eigenvalue weighted by atomic mass is 9.90. The Morgan fingerprint density at radius 3 is 2.00 bits per heavy atom. The summed E-state index contributed by atoms with van der Waals surface area (Å²) in [6, 6.07) is 4.14. The van der Waals surface area contributed by atoms with Gasteiger partial charge in [0.05, 0.1) is 0 Å². The van der Waals surface area contributed by atoms with Crippen LogP contribution in [0.4, 0.5) is 4.39 Å². The van der Waals surface area contributed by atoms with Crippen LogP contribution in [0, 0.1) is 5.82 Å². The van der Waals surface area contributed by atoms with Crippen molar-refractivity contribution in [2.45, 2.75) is 33.1 Å². The SMILES string of the molecule is C=C(C)C(=O)OC1=C(OC(=O)C(=C)C)CC(c2ccc(OC(=O)C(=C)C)c(F)c2)C=C1. The van der Waals surface area contributed by atoms with Crippen molar-refractivity contribution >= 4 is 17.9 Å². The lowest BCUT2D eigenvalue weighted by molar-refractivity contribution is -0.138. The third-order valence-corrected chi connectivity index (χ3v) is 4.21. The number of ether oxygens (including phenoxy) is 3. The van der Waals surface area contributed by atoms with Crippen molar-refractivity contribution in [2.24, 2.45) is 0 Å². The Labute approximate surface area is 180 Å². The first-order valence-electron chi connectivity index (χ1n) is 9.33. The van der Waals surface area contributed by atoms with E-state index in [-0.39, 0.29) is 46.3 Å². The second kappa shape index (κ2) is 9.84. The highest BCUT2D eigenvalue weighted by Gasteiger charge is 2.25. The minimum absolute atomic E-state index is 0.0614. The molecule has 0 fully saturated rings. The van der Waals surface area contributed by atoms with Crippen LogP contribution in [0.5, 0.6) is 5.75 Å². The lowest BCUT2D eigenvalue weighted by Crippen LogP contribution is -2.15. The fourth-order valence-electron chi connectivity index (χ4n) is 2.48. The molecule has 0 N–H and O–H groups in total. The van der Waals surface area contributed by atoms with Crippen molar-refractivity contribution in [3.05, 3.63) is 89.7 Å². The van der Waals surface area contributed by atoms with E-state index in [1.54, 1.807) is 12.1 Å². The van der Waals surface area contributed by atoms with Gasteiger partial charge in [-0.05, 0) is 44.5 Å². The van der Waals surface area contributed by atoms with Crippen LogP contribution < -0.4 is 4.74 Å². The Morgan fingerprint density at radius 1 is 0.903 bits per heavy atom. The summed E-state index contributed by atoms with van der Waals surface area (Å²) in [5.74, 6) is -3.26. The lowest BCUT2D eigenvalue weighted by Gasteiger charge is -2.22. The molecule has 1 aromatic rings. The molecule has 7 heteroatoms. The molecule has 1 aromatic carbocycles. The number of halogens is 1. The Morgan fingerprint density at radius 2 is 1.45 bits per heavy atom. The summed E-state index contributed by atoms with van der Waals surface area (Å²) in [6.45, 7) is 14.9. The summed E-state index contributed by atoms with van der Waals surface area (Å²) in [6.07, 6.45) is 3.29. The number of hydrogen-bond donors (Lipinski definition) is 0. The first kappa shape index (κ1) is 23.5.